The van der Waals surface area contributed by atoms with E-state index in [4.69, 9.17) is 4.74 Å². The Morgan fingerprint density at radius 1 is 1.03 bits per heavy atom. The van der Waals surface area contributed by atoms with Crippen molar-refractivity contribution >= 4 is 17.9 Å². The van der Waals surface area contributed by atoms with Crippen molar-refractivity contribution in [1.29, 1.82) is 0 Å². The number of amides is 3. The molecule has 3 unspecified atom stereocenters. The van der Waals surface area contributed by atoms with Gasteiger partial charge in [0.1, 0.15) is 17.7 Å². The van der Waals surface area contributed by atoms with Gasteiger partial charge in [-0.1, -0.05) is 70.7 Å². The summed E-state index contributed by atoms with van der Waals surface area (Å²) in [4.78, 5) is 42.0. The van der Waals surface area contributed by atoms with Gasteiger partial charge >= 0.3 is 6.09 Å². The molecule has 0 aliphatic carbocycles. The van der Waals surface area contributed by atoms with Crippen molar-refractivity contribution in [2.24, 2.45) is 5.92 Å². The summed E-state index contributed by atoms with van der Waals surface area (Å²) >= 11 is 0. The lowest BCUT2D eigenvalue weighted by Crippen LogP contribution is -2.55. The van der Waals surface area contributed by atoms with Gasteiger partial charge in [0.05, 0.1) is 0 Å². The third kappa shape index (κ3) is 9.82. The van der Waals surface area contributed by atoms with Crippen LogP contribution in [0.3, 0.4) is 0 Å². The van der Waals surface area contributed by atoms with Crippen LogP contribution in [0, 0.1) is 19.8 Å². The highest BCUT2D eigenvalue weighted by Crippen LogP contribution is 2.28. The predicted molar refractivity (Wildman–Crippen MR) is 146 cm³/mol. The second-order valence-corrected chi connectivity index (χ2v) is 10.8. The van der Waals surface area contributed by atoms with E-state index in [-0.39, 0.29) is 17.7 Å². The maximum atomic E-state index is 14.1. The van der Waals surface area contributed by atoms with E-state index in [1.54, 1.807) is 25.7 Å². The molecule has 36 heavy (non-hydrogen) atoms. The number of aryl methyl sites for hydroxylation is 2. The number of nitrogens with zero attached hydrogens (tertiary/aromatic N) is 1. The maximum Gasteiger partial charge on any atom is 0.408 e. The highest BCUT2D eigenvalue weighted by atomic mass is 16.6. The van der Waals surface area contributed by atoms with Crippen molar-refractivity contribution in [2.75, 3.05) is 13.1 Å². The molecule has 0 aliphatic heterocycles. The fourth-order valence-electron chi connectivity index (χ4n) is 4.17. The minimum absolute atomic E-state index is 0.142. The number of ether oxygens (including phenoxy) is 1. The fourth-order valence-corrected chi connectivity index (χ4v) is 4.17. The molecule has 0 saturated carbocycles. The van der Waals surface area contributed by atoms with Crippen LogP contribution in [0.2, 0.25) is 0 Å². The third-order valence-electron chi connectivity index (χ3n) is 6.26. The number of rotatable bonds is 13. The van der Waals surface area contributed by atoms with Crippen LogP contribution in [0.1, 0.15) is 103 Å². The number of benzene rings is 1. The van der Waals surface area contributed by atoms with Crippen LogP contribution in [-0.2, 0) is 14.3 Å². The van der Waals surface area contributed by atoms with Crippen LogP contribution < -0.4 is 10.6 Å². The number of carbonyl (C=O) groups is 3. The lowest BCUT2D eigenvalue weighted by molar-refractivity contribution is -0.143. The average molecular weight is 504 g/mol. The van der Waals surface area contributed by atoms with E-state index in [0.717, 1.165) is 36.0 Å². The molecule has 7 nitrogen and oxygen atoms in total. The van der Waals surface area contributed by atoms with E-state index in [1.165, 1.54) is 0 Å². The molecular weight excluding hydrogens is 454 g/mol. The summed E-state index contributed by atoms with van der Waals surface area (Å²) in [5.41, 5.74) is 2.17. The monoisotopic (exact) mass is 503 g/mol. The van der Waals surface area contributed by atoms with Gasteiger partial charge in [0, 0.05) is 13.1 Å². The lowest BCUT2D eigenvalue weighted by Gasteiger charge is -2.36. The van der Waals surface area contributed by atoms with Crippen LogP contribution in [-0.4, -0.2) is 47.5 Å². The number of hydrogen-bond donors (Lipinski definition) is 2. The van der Waals surface area contributed by atoms with Crippen LogP contribution >= 0.6 is 0 Å². The predicted octanol–water partition coefficient (Wildman–Crippen LogP) is 5.83. The van der Waals surface area contributed by atoms with Crippen molar-refractivity contribution in [2.45, 2.75) is 112 Å². The molecule has 0 fully saturated rings. The molecule has 0 bridgehead atoms. The van der Waals surface area contributed by atoms with E-state index in [1.807, 2.05) is 52.8 Å². The molecule has 0 aliphatic rings. The van der Waals surface area contributed by atoms with E-state index in [9.17, 15) is 14.4 Å². The molecular formula is C29H49N3O4. The van der Waals surface area contributed by atoms with Gasteiger partial charge in [-0.2, -0.15) is 0 Å². The van der Waals surface area contributed by atoms with Crippen LogP contribution in [0.5, 0.6) is 0 Å². The van der Waals surface area contributed by atoms with Gasteiger partial charge in [0.2, 0.25) is 11.8 Å². The first-order valence-electron chi connectivity index (χ1n) is 13.5. The smallest absolute Gasteiger partial charge is 0.408 e. The molecule has 1 rings (SSSR count). The Kier molecular flexibility index (Phi) is 13.0. The van der Waals surface area contributed by atoms with Gasteiger partial charge in [0.15, 0.2) is 0 Å². The van der Waals surface area contributed by atoms with Gasteiger partial charge in [-0.25, -0.2) is 4.79 Å². The van der Waals surface area contributed by atoms with Crippen molar-refractivity contribution in [3.05, 3.63) is 34.9 Å². The number of carbonyl (C=O) groups excluding carboxylic acids is 3. The lowest BCUT2D eigenvalue weighted by atomic mass is 9.93. The van der Waals surface area contributed by atoms with Crippen molar-refractivity contribution in [1.82, 2.24) is 15.5 Å². The summed E-state index contributed by atoms with van der Waals surface area (Å²) in [5.74, 6) is -0.609. The van der Waals surface area contributed by atoms with Gasteiger partial charge < -0.3 is 20.3 Å². The Hall–Kier alpha value is -2.57. The minimum Gasteiger partial charge on any atom is -0.444 e. The molecule has 0 saturated heterocycles. The van der Waals surface area contributed by atoms with Crippen molar-refractivity contribution in [3.8, 4) is 0 Å². The summed E-state index contributed by atoms with van der Waals surface area (Å²) in [6.45, 7) is 18.3. The van der Waals surface area contributed by atoms with E-state index in [2.05, 4.69) is 17.6 Å². The van der Waals surface area contributed by atoms with Gasteiger partial charge in [0.25, 0.3) is 0 Å². The quantitative estimate of drug-likeness (QED) is 0.332. The molecule has 0 radical (unpaired) electrons. The first-order valence-corrected chi connectivity index (χ1v) is 13.5. The standard InChI is InChI=1S/C29H49N3O4/c1-10-13-14-17-30-26(33)25(23-16-15-20(4)19-22(23)6)32(18-11-2)27(34)24(21(5)12-3)31-28(35)36-29(7,8)9/h15-16,19,21,24-25H,10-14,17-18H2,1-9H3,(H,30,33)(H,31,35). The number of unbranched alkanes of at least 4 members (excludes halogenated alkanes) is 2. The summed E-state index contributed by atoms with van der Waals surface area (Å²) < 4.78 is 5.45. The van der Waals surface area contributed by atoms with Gasteiger partial charge in [-0.05, 0) is 64.5 Å². The highest BCUT2D eigenvalue weighted by molar-refractivity contribution is 5.92. The summed E-state index contributed by atoms with van der Waals surface area (Å²) in [5, 5.41) is 5.87. The van der Waals surface area contributed by atoms with Gasteiger partial charge in [-0.15, -0.1) is 0 Å². The van der Waals surface area contributed by atoms with Crippen molar-refractivity contribution in [3.63, 3.8) is 0 Å². The first kappa shape index (κ1) is 31.5. The average Bonchev–Trinajstić information content (AvgIpc) is 2.79. The maximum absolute atomic E-state index is 14.1. The molecule has 3 amide bonds. The highest BCUT2D eigenvalue weighted by Gasteiger charge is 2.38. The summed E-state index contributed by atoms with van der Waals surface area (Å²) in [6, 6.07) is 4.35. The van der Waals surface area contributed by atoms with Crippen LogP contribution in [0.4, 0.5) is 4.79 Å². The van der Waals surface area contributed by atoms with E-state index < -0.39 is 23.8 Å². The van der Waals surface area contributed by atoms with Gasteiger partial charge in [-0.3, -0.25) is 9.59 Å². The summed E-state index contributed by atoms with van der Waals surface area (Å²) in [6.07, 6.45) is 3.70. The molecule has 3 atom stereocenters. The normalized spacial score (nSPS) is 13.9. The Morgan fingerprint density at radius 3 is 2.22 bits per heavy atom. The topological polar surface area (TPSA) is 87.7 Å². The fraction of sp³-hybridized carbons (Fsp3) is 0.690. The Balaban J connectivity index is 3.45. The molecule has 1 aromatic carbocycles. The molecule has 204 valence electrons. The summed E-state index contributed by atoms with van der Waals surface area (Å²) in [7, 11) is 0. The van der Waals surface area contributed by atoms with E-state index >= 15 is 0 Å². The Morgan fingerprint density at radius 2 is 1.69 bits per heavy atom. The minimum atomic E-state index is -0.808. The Bertz CT molecular complexity index is 863. The largest absolute Gasteiger partial charge is 0.444 e. The van der Waals surface area contributed by atoms with E-state index in [0.29, 0.717) is 25.9 Å². The molecule has 1 aromatic rings. The number of hydrogen-bond acceptors (Lipinski definition) is 4. The SMILES string of the molecule is CCCCCNC(=O)C(c1ccc(C)cc1C)N(CCC)C(=O)C(NC(=O)OC(C)(C)C)C(C)CC. The molecule has 0 spiro atoms. The zero-order chi connectivity index (χ0) is 27.5. The van der Waals surface area contributed by atoms with Crippen LogP contribution in [0.15, 0.2) is 18.2 Å². The molecule has 2 N–H and O–H groups in total. The second-order valence-electron chi connectivity index (χ2n) is 10.8. The first-order chi connectivity index (χ1) is 16.9. The van der Waals surface area contributed by atoms with Crippen LogP contribution in [0.25, 0.3) is 0 Å². The number of nitrogens with one attached hydrogen (secondary N) is 2. The molecule has 7 heteroatoms. The molecule has 0 aromatic heterocycles. The number of alkyl carbamates (subject to hydrolysis) is 1. The third-order valence-corrected chi connectivity index (χ3v) is 6.26. The second kappa shape index (κ2) is 14.9. The Labute approximate surface area is 218 Å². The zero-order valence-electron chi connectivity index (χ0n) is 24.0. The van der Waals surface area contributed by atoms with Crippen molar-refractivity contribution < 1.29 is 19.1 Å². The molecule has 0 heterocycles. The zero-order valence-corrected chi connectivity index (χ0v) is 24.0.